The maximum absolute atomic E-state index is 13.5. The van der Waals surface area contributed by atoms with Gasteiger partial charge in [0.2, 0.25) is 0 Å². The number of aromatic nitrogens is 3. The lowest BCUT2D eigenvalue weighted by Crippen LogP contribution is -2.53. The average Bonchev–Trinajstić information content (AvgIpc) is 3.36. The fourth-order valence-electron chi connectivity index (χ4n) is 9.22. The smallest absolute Gasteiger partial charge is 0.273 e. The van der Waals surface area contributed by atoms with Gasteiger partial charge in [-0.05, 0) is 105 Å². The highest BCUT2D eigenvalue weighted by molar-refractivity contribution is 5.92. The van der Waals surface area contributed by atoms with Gasteiger partial charge in [0.15, 0.2) is 11.5 Å². The Bertz CT molecular complexity index is 969. The van der Waals surface area contributed by atoms with E-state index in [0.717, 1.165) is 42.9 Å². The second-order valence-electron chi connectivity index (χ2n) is 13.2. The third-order valence-corrected chi connectivity index (χ3v) is 11.3. The standard InChI is InChI=1S/C28H42N4O2/c1-17-10-12-27(2)18(14-17)4-7-20-21-8-9-23(28(21,3)13-11-22(20)27)25(33)16-32-29-15-24(31-32)26(34)30-19-5-6-19/h15,17-23H,4-14,16H2,1-3H3,(H,30,34). The molecule has 0 spiro atoms. The summed E-state index contributed by atoms with van der Waals surface area (Å²) in [4.78, 5) is 27.2. The van der Waals surface area contributed by atoms with Gasteiger partial charge in [0.05, 0.1) is 6.20 Å². The van der Waals surface area contributed by atoms with E-state index in [9.17, 15) is 9.59 Å². The van der Waals surface area contributed by atoms with Crippen LogP contribution in [0.15, 0.2) is 6.20 Å². The van der Waals surface area contributed by atoms with Gasteiger partial charge in [0, 0.05) is 12.0 Å². The van der Waals surface area contributed by atoms with Crippen molar-refractivity contribution in [2.75, 3.05) is 0 Å². The van der Waals surface area contributed by atoms with Crippen LogP contribution in [0.4, 0.5) is 0 Å². The van der Waals surface area contributed by atoms with E-state index < -0.39 is 0 Å². The van der Waals surface area contributed by atoms with Gasteiger partial charge < -0.3 is 5.32 Å². The van der Waals surface area contributed by atoms with Crippen molar-refractivity contribution in [3.63, 3.8) is 0 Å². The van der Waals surface area contributed by atoms with Crippen molar-refractivity contribution in [2.45, 2.75) is 104 Å². The number of nitrogens with one attached hydrogen (secondary N) is 1. The van der Waals surface area contributed by atoms with E-state index in [1.165, 1.54) is 62.4 Å². The predicted molar refractivity (Wildman–Crippen MR) is 130 cm³/mol. The summed E-state index contributed by atoms with van der Waals surface area (Å²) in [7, 11) is 0. The molecule has 5 saturated carbocycles. The number of ketones is 1. The van der Waals surface area contributed by atoms with Gasteiger partial charge in [-0.1, -0.05) is 27.2 Å². The molecule has 0 aromatic carbocycles. The van der Waals surface area contributed by atoms with Crippen LogP contribution in [0.5, 0.6) is 0 Å². The summed E-state index contributed by atoms with van der Waals surface area (Å²) in [5, 5.41) is 11.5. The van der Waals surface area contributed by atoms with Crippen LogP contribution in [-0.2, 0) is 11.3 Å². The van der Waals surface area contributed by atoms with Crippen molar-refractivity contribution in [3.05, 3.63) is 11.9 Å². The molecule has 0 bridgehead atoms. The molecule has 0 radical (unpaired) electrons. The number of carbonyl (C=O) groups excluding carboxylic acids is 2. The van der Waals surface area contributed by atoms with Crippen molar-refractivity contribution < 1.29 is 9.59 Å². The molecular formula is C28H42N4O2. The van der Waals surface area contributed by atoms with Gasteiger partial charge in [-0.2, -0.15) is 9.90 Å². The summed E-state index contributed by atoms with van der Waals surface area (Å²) in [6.07, 6.45) is 15.3. The normalized spacial score (nSPS) is 43.5. The lowest BCUT2D eigenvalue weighted by Gasteiger charge is -2.61. The Hall–Kier alpha value is -1.72. The Balaban J connectivity index is 1.14. The summed E-state index contributed by atoms with van der Waals surface area (Å²) in [5.74, 6) is 4.34. The molecule has 186 valence electrons. The summed E-state index contributed by atoms with van der Waals surface area (Å²) >= 11 is 0. The molecule has 5 aliphatic carbocycles. The van der Waals surface area contributed by atoms with E-state index in [1.54, 1.807) is 0 Å². The zero-order valence-electron chi connectivity index (χ0n) is 21.3. The number of carbonyl (C=O) groups is 2. The molecule has 1 heterocycles. The summed E-state index contributed by atoms with van der Waals surface area (Å²) in [5.41, 5.74) is 0.959. The second-order valence-corrected chi connectivity index (χ2v) is 13.2. The van der Waals surface area contributed by atoms with Gasteiger partial charge in [-0.15, -0.1) is 5.10 Å². The van der Waals surface area contributed by atoms with Crippen LogP contribution >= 0.6 is 0 Å². The zero-order chi connectivity index (χ0) is 23.7. The molecule has 0 aliphatic heterocycles. The fourth-order valence-corrected chi connectivity index (χ4v) is 9.22. The van der Waals surface area contributed by atoms with Crippen LogP contribution in [0, 0.1) is 46.3 Å². The molecule has 5 fully saturated rings. The van der Waals surface area contributed by atoms with E-state index in [-0.39, 0.29) is 29.6 Å². The Kier molecular flexibility index (Phi) is 5.46. The fraction of sp³-hybridized carbons (Fsp3) is 0.857. The number of Topliss-reactive ketones (excluding diaryl/α,β-unsaturated/α-hetero) is 1. The maximum Gasteiger partial charge on any atom is 0.273 e. The number of nitrogens with zero attached hydrogens (tertiary/aromatic N) is 3. The maximum atomic E-state index is 13.5. The molecule has 1 N–H and O–H groups in total. The molecule has 1 amide bonds. The number of fused-ring (bicyclic) bond motifs is 5. The molecule has 6 rings (SSSR count). The van der Waals surface area contributed by atoms with Crippen molar-refractivity contribution >= 4 is 11.7 Å². The van der Waals surface area contributed by atoms with Crippen LogP contribution in [0.3, 0.4) is 0 Å². The quantitative estimate of drug-likeness (QED) is 0.660. The highest BCUT2D eigenvalue weighted by Crippen LogP contribution is 2.67. The minimum atomic E-state index is -0.173. The first-order valence-electron chi connectivity index (χ1n) is 14.0. The monoisotopic (exact) mass is 466 g/mol. The SMILES string of the molecule is CC1CCC2(C)C(CCC3C2CCC2(C)C(C(=O)Cn4ncc(C(=O)NC5CC5)n4)CCC32)C1. The van der Waals surface area contributed by atoms with Crippen LogP contribution in [0.2, 0.25) is 0 Å². The van der Waals surface area contributed by atoms with Gasteiger partial charge in [0.25, 0.3) is 5.91 Å². The first-order valence-corrected chi connectivity index (χ1v) is 14.0. The molecule has 1 aromatic rings. The Morgan fingerprint density at radius 2 is 1.76 bits per heavy atom. The summed E-state index contributed by atoms with van der Waals surface area (Å²) in [6.45, 7) is 7.69. The highest BCUT2D eigenvalue weighted by Gasteiger charge is 2.60. The van der Waals surface area contributed by atoms with Crippen LogP contribution in [0.1, 0.15) is 102 Å². The molecule has 8 unspecified atom stereocenters. The molecule has 5 aliphatic rings. The molecule has 34 heavy (non-hydrogen) atoms. The van der Waals surface area contributed by atoms with Crippen LogP contribution in [0.25, 0.3) is 0 Å². The van der Waals surface area contributed by atoms with Crippen molar-refractivity contribution in [2.24, 2.45) is 46.3 Å². The first-order chi connectivity index (χ1) is 16.3. The molecule has 6 nitrogen and oxygen atoms in total. The largest absolute Gasteiger partial charge is 0.348 e. The molecular weight excluding hydrogens is 424 g/mol. The van der Waals surface area contributed by atoms with E-state index in [1.807, 2.05) is 0 Å². The Morgan fingerprint density at radius 1 is 1.00 bits per heavy atom. The lowest BCUT2D eigenvalue weighted by molar-refractivity contribution is -0.137. The second kappa shape index (κ2) is 8.16. The van der Waals surface area contributed by atoms with Crippen molar-refractivity contribution in [3.8, 4) is 0 Å². The third-order valence-electron chi connectivity index (χ3n) is 11.3. The zero-order valence-corrected chi connectivity index (χ0v) is 21.3. The van der Waals surface area contributed by atoms with Gasteiger partial charge in [0.1, 0.15) is 6.54 Å². The number of hydrogen-bond donors (Lipinski definition) is 1. The summed E-state index contributed by atoms with van der Waals surface area (Å²) < 4.78 is 0. The number of hydrogen-bond acceptors (Lipinski definition) is 4. The van der Waals surface area contributed by atoms with Crippen LogP contribution in [-0.4, -0.2) is 32.7 Å². The number of amides is 1. The van der Waals surface area contributed by atoms with E-state index in [0.29, 0.717) is 23.1 Å². The van der Waals surface area contributed by atoms with Gasteiger partial charge >= 0.3 is 0 Å². The van der Waals surface area contributed by atoms with Crippen molar-refractivity contribution in [1.29, 1.82) is 0 Å². The molecule has 6 heteroatoms. The van der Waals surface area contributed by atoms with Crippen molar-refractivity contribution in [1.82, 2.24) is 20.3 Å². The predicted octanol–water partition coefficient (Wildman–Crippen LogP) is 5.03. The van der Waals surface area contributed by atoms with E-state index >= 15 is 0 Å². The number of rotatable bonds is 5. The Labute approximate surface area is 204 Å². The highest BCUT2D eigenvalue weighted by atomic mass is 16.2. The van der Waals surface area contributed by atoms with E-state index in [4.69, 9.17) is 0 Å². The lowest BCUT2D eigenvalue weighted by atomic mass is 9.44. The molecule has 0 saturated heterocycles. The Morgan fingerprint density at radius 3 is 2.56 bits per heavy atom. The van der Waals surface area contributed by atoms with Crippen LogP contribution < -0.4 is 5.32 Å². The van der Waals surface area contributed by atoms with Gasteiger partial charge in [-0.25, -0.2) is 0 Å². The molecule has 1 aromatic heterocycles. The third kappa shape index (κ3) is 3.65. The van der Waals surface area contributed by atoms with E-state index in [2.05, 4.69) is 36.3 Å². The average molecular weight is 467 g/mol. The minimum absolute atomic E-state index is 0.102. The summed E-state index contributed by atoms with van der Waals surface area (Å²) in [6, 6.07) is 0.291. The minimum Gasteiger partial charge on any atom is -0.348 e. The van der Waals surface area contributed by atoms with Gasteiger partial charge in [-0.3, -0.25) is 9.59 Å². The first kappa shape index (κ1) is 22.7. The topological polar surface area (TPSA) is 76.9 Å². The molecule has 8 atom stereocenters.